The zero-order valence-corrected chi connectivity index (χ0v) is 19.5. The van der Waals surface area contributed by atoms with E-state index in [9.17, 15) is 22.8 Å². The molecule has 0 radical (unpaired) electrons. The number of halogens is 4. The molecular weight excluding hydrogens is 495 g/mol. The first-order valence-electron chi connectivity index (χ1n) is 11.1. The molecule has 0 unspecified atom stereocenters. The molecular formula is C25H19ClF3N5O2. The summed E-state index contributed by atoms with van der Waals surface area (Å²) in [5.74, 6) is -0.655. The van der Waals surface area contributed by atoms with Crippen LogP contribution in [0.1, 0.15) is 26.5 Å². The summed E-state index contributed by atoms with van der Waals surface area (Å²) in [6, 6.07) is 17.2. The van der Waals surface area contributed by atoms with Crippen LogP contribution in [0.5, 0.6) is 0 Å². The third kappa shape index (κ3) is 4.64. The van der Waals surface area contributed by atoms with Crippen molar-refractivity contribution in [3.8, 4) is 11.3 Å². The lowest BCUT2D eigenvalue weighted by Crippen LogP contribution is -2.50. The van der Waals surface area contributed by atoms with E-state index < -0.39 is 17.8 Å². The SMILES string of the molecule is O=C(c1ccccc1)N1CCN(C(=O)c2cc3nc(-c4ccc(Cl)cc4)cc(C(F)(F)F)n3n2)CC1. The first kappa shape index (κ1) is 23.8. The molecule has 1 fully saturated rings. The minimum absolute atomic E-state index is 0.0819. The molecule has 1 saturated heterocycles. The Balaban J connectivity index is 1.40. The van der Waals surface area contributed by atoms with Crippen LogP contribution >= 0.6 is 11.6 Å². The topological polar surface area (TPSA) is 70.8 Å². The zero-order chi connectivity index (χ0) is 25.4. The Morgan fingerprint density at radius 2 is 1.44 bits per heavy atom. The smallest absolute Gasteiger partial charge is 0.335 e. The molecule has 3 heterocycles. The number of fused-ring (bicyclic) bond motifs is 1. The molecule has 0 spiro atoms. The third-order valence-corrected chi connectivity index (χ3v) is 6.20. The lowest BCUT2D eigenvalue weighted by atomic mass is 10.1. The van der Waals surface area contributed by atoms with Gasteiger partial charge in [-0.2, -0.15) is 18.3 Å². The summed E-state index contributed by atoms with van der Waals surface area (Å²) in [5, 5.41) is 4.39. The van der Waals surface area contributed by atoms with E-state index in [0.29, 0.717) is 33.8 Å². The van der Waals surface area contributed by atoms with Crippen molar-refractivity contribution in [1.82, 2.24) is 24.4 Å². The maximum Gasteiger partial charge on any atom is 0.433 e. The van der Waals surface area contributed by atoms with Gasteiger partial charge in [0, 0.05) is 48.4 Å². The summed E-state index contributed by atoms with van der Waals surface area (Å²) in [7, 11) is 0. The highest BCUT2D eigenvalue weighted by molar-refractivity contribution is 6.30. The molecule has 1 aliphatic rings. The minimum Gasteiger partial charge on any atom is -0.335 e. The van der Waals surface area contributed by atoms with Gasteiger partial charge in [-0.05, 0) is 30.3 Å². The Labute approximate surface area is 208 Å². The molecule has 184 valence electrons. The molecule has 4 aromatic rings. The number of nitrogens with zero attached hydrogens (tertiary/aromatic N) is 5. The zero-order valence-electron chi connectivity index (χ0n) is 18.7. The van der Waals surface area contributed by atoms with Gasteiger partial charge in [0.1, 0.15) is 0 Å². The molecule has 2 aromatic carbocycles. The van der Waals surface area contributed by atoms with E-state index in [1.165, 1.54) is 11.0 Å². The van der Waals surface area contributed by atoms with Gasteiger partial charge >= 0.3 is 6.18 Å². The number of carbonyl (C=O) groups excluding carboxylic acids is 2. The van der Waals surface area contributed by atoms with Crippen LogP contribution in [-0.2, 0) is 6.18 Å². The summed E-state index contributed by atoms with van der Waals surface area (Å²) in [6.07, 6.45) is -4.72. The fourth-order valence-electron chi connectivity index (χ4n) is 4.09. The number of rotatable bonds is 3. The first-order chi connectivity index (χ1) is 17.2. The number of hydrogen-bond donors (Lipinski definition) is 0. The van der Waals surface area contributed by atoms with Crippen LogP contribution in [0.3, 0.4) is 0 Å². The number of alkyl halides is 3. The van der Waals surface area contributed by atoms with Gasteiger partial charge < -0.3 is 9.80 Å². The highest BCUT2D eigenvalue weighted by Gasteiger charge is 2.36. The maximum atomic E-state index is 13.9. The molecule has 0 aliphatic carbocycles. The number of carbonyl (C=O) groups is 2. The maximum absolute atomic E-state index is 13.9. The number of hydrogen-bond acceptors (Lipinski definition) is 4. The predicted molar refractivity (Wildman–Crippen MR) is 127 cm³/mol. The first-order valence-corrected chi connectivity index (χ1v) is 11.5. The van der Waals surface area contributed by atoms with Gasteiger partial charge in [-0.1, -0.05) is 41.9 Å². The van der Waals surface area contributed by atoms with Crippen molar-refractivity contribution in [3.05, 3.63) is 88.7 Å². The Morgan fingerprint density at radius 1 is 0.833 bits per heavy atom. The number of amides is 2. The summed E-state index contributed by atoms with van der Waals surface area (Å²) in [6.45, 7) is 1.08. The van der Waals surface area contributed by atoms with Crippen LogP contribution in [-0.4, -0.2) is 62.4 Å². The summed E-state index contributed by atoms with van der Waals surface area (Å²) in [4.78, 5) is 33.2. The molecule has 2 amide bonds. The van der Waals surface area contributed by atoms with E-state index in [0.717, 1.165) is 6.07 Å². The van der Waals surface area contributed by atoms with Crippen molar-refractivity contribution in [3.63, 3.8) is 0 Å². The number of aromatic nitrogens is 3. The Hall–Kier alpha value is -3.92. The highest BCUT2D eigenvalue weighted by atomic mass is 35.5. The van der Waals surface area contributed by atoms with E-state index in [2.05, 4.69) is 10.1 Å². The Kier molecular flexibility index (Phi) is 6.13. The molecule has 0 saturated carbocycles. The average molecular weight is 514 g/mol. The van der Waals surface area contributed by atoms with Gasteiger partial charge in [0.05, 0.1) is 5.69 Å². The lowest BCUT2D eigenvalue weighted by Gasteiger charge is -2.34. The van der Waals surface area contributed by atoms with E-state index in [4.69, 9.17) is 11.6 Å². The van der Waals surface area contributed by atoms with Gasteiger partial charge in [-0.3, -0.25) is 9.59 Å². The molecule has 5 rings (SSSR count). The van der Waals surface area contributed by atoms with Gasteiger partial charge in [0.2, 0.25) is 0 Å². The molecule has 0 atom stereocenters. The number of benzene rings is 2. The average Bonchev–Trinajstić information content (AvgIpc) is 3.32. The van der Waals surface area contributed by atoms with E-state index in [1.54, 1.807) is 53.4 Å². The van der Waals surface area contributed by atoms with Gasteiger partial charge in [0.25, 0.3) is 11.8 Å². The fourth-order valence-corrected chi connectivity index (χ4v) is 4.21. The molecule has 7 nitrogen and oxygen atoms in total. The van der Waals surface area contributed by atoms with Crippen LogP contribution in [0.25, 0.3) is 16.9 Å². The Morgan fingerprint density at radius 3 is 2.06 bits per heavy atom. The van der Waals surface area contributed by atoms with Gasteiger partial charge in [-0.15, -0.1) is 0 Å². The van der Waals surface area contributed by atoms with Crippen LogP contribution < -0.4 is 0 Å². The highest BCUT2D eigenvalue weighted by Crippen LogP contribution is 2.32. The van der Waals surface area contributed by atoms with Crippen LogP contribution in [0.15, 0.2) is 66.7 Å². The summed E-state index contributed by atoms with van der Waals surface area (Å²) >= 11 is 5.89. The second-order valence-electron chi connectivity index (χ2n) is 8.28. The quantitative estimate of drug-likeness (QED) is 0.399. The van der Waals surface area contributed by atoms with E-state index in [1.807, 2.05) is 6.07 Å². The summed E-state index contributed by atoms with van der Waals surface area (Å²) < 4.78 is 42.2. The third-order valence-electron chi connectivity index (χ3n) is 5.95. The van der Waals surface area contributed by atoms with Gasteiger partial charge in [-0.25, -0.2) is 9.50 Å². The Bertz CT molecular complexity index is 1430. The van der Waals surface area contributed by atoms with Crippen molar-refractivity contribution in [2.24, 2.45) is 0 Å². The largest absolute Gasteiger partial charge is 0.433 e. The monoisotopic (exact) mass is 513 g/mol. The lowest BCUT2D eigenvalue weighted by molar-refractivity contribution is -0.142. The molecule has 2 aromatic heterocycles. The second-order valence-corrected chi connectivity index (χ2v) is 8.72. The standard InChI is InChI=1S/C25H19ClF3N5O2/c26-18-8-6-16(7-9-18)19-14-21(25(27,28)29)34-22(30-19)15-20(31-34)24(36)33-12-10-32(11-13-33)23(35)17-4-2-1-3-5-17/h1-9,14-15H,10-13H2. The van der Waals surface area contributed by atoms with Crippen LogP contribution in [0.4, 0.5) is 13.2 Å². The van der Waals surface area contributed by atoms with Crippen molar-refractivity contribution in [2.75, 3.05) is 26.2 Å². The second kappa shape index (κ2) is 9.27. The molecule has 11 heteroatoms. The van der Waals surface area contributed by atoms with Crippen molar-refractivity contribution < 1.29 is 22.8 Å². The van der Waals surface area contributed by atoms with Crippen molar-refractivity contribution in [1.29, 1.82) is 0 Å². The minimum atomic E-state index is -4.72. The van der Waals surface area contributed by atoms with E-state index >= 15 is 0 Å². The normalized spacial score (nSPS) is 14.3. The molecule has 0 N–H and O–H groups in total. The van der Waals surface area contributed by atoms with Crippen molar-refractivity contribution >= 4 is 29.1 Å². The predicted octanol–water partition coefficient (Wildman–Crippen LogP) is 4.67. The van der Waals surface area contributed by atoms with Crippen molar-refractivity contribution in [2.45, 2.75) is 6.18 Å². The van der Waals surface area contributed by atoms with E-state index in [-0.39, 0.29) is 36.0 Å². The number of piperazine rings is 1. The molecule has 36 heavy (non-hydrogen) atoms. The van der Waals surface area contributed by atoms with Crippen LogP contribution in [0, 0.1) is 0 Å². The fraction of sp³-hybridized carbons (Fsp3) is 0.200. The van der Waals surface area contributed by atoms with Gasteiger partial charge in [0.15, 0.2) is 17.0 Å². The summed E-state index contributed by atoms with van der Waals surface area (Å²) in [5.41, 5.74) is -0.214. The molecule has 0 bridgehead atoms. The van der Waals surface area contributed by atoms with Crippen LogP contribution in [0.2, 0.25) is 5.02 Å². The molecule has 1 aliphatic heterocycles.